The second kappa shape index (κ2) is 7.21. The van der Waals surface area contributed by atoms with E-state index in [2.05, 4.69) is 20.8 Å². The fourth-order valence-corrected chi connectivity index (χ4v) is 2.30. The number of rotatable bonds is 4. The van der Waals surface area contributed by atoms with Crippen molar-refractivity contribution < 1.29 is 9.90 Å². The molecular weight excluding hydrogens is 315 g/mol. The van der Waals surface area contributed by atoms with E-state index in [1.54, 1.807) is 30.3 Å². The van der Waals surface area contributed by atoms with Gasteiger partial charge < -0.3 is 10.4 Å². The lowest BCUT2D eigenvalue weighted by Gasteiger charge is -2.15. The lowest BCUT2D eigenvalue weighted by Crippen LogP contribution is -2.32. The highest BCUT2D eigenvalue weighted by Crippen LogP contribution is 2.29. The maximum atomic E-state index is 11.7. The van der Waals surface area contributed by atoms with Crippen LogP contribution in [0.4, 0.5) is 10.6 Å². The van der Waals surface area contributed by atoms with Gasteiger partial charge in [-0.05, 0) is 24.3 Å². The van der Waals surface area contributed by atoms with Crippen molar-refractivity contribution in [2.75, 3.05) is 11.9 Å². The van der Waals surface area contributed by atoms with E-state index in [1.807, 2.05) is 0 Å². The third-order valence-electron chi connectivity index (χ3n) is 2.60. The van der Waals surface area contributed by atoms with E-state index < -0.39 is 12.1 Å². The van der Waals surface area contributed by atoms with Gasteiger partial charge in [0.05, 0.1) is 6.10 Å². The summed E-state index contributed by atoms with van der Waals surface area (Å²) in [5.74, 6) is 0.306. The largest absolute Gasteiger partial charge is 0.386 e. The van der Waals surface area contributed by atoms with Crippen LogP contribution in [-0.4, -0.2) is 27.9 Å². The topological polar surface area (TPSA) is 87.1 Å². The summed E-state index contributed by atoms with van der Waals surface area (Å²) in [7, 11) is 0. The summed E-state index contributed by atoms with van der Waals surface area (Å²) in [4.78, 5) is 11.7. The minimum Gasteiger partial charge on any atom is -0.386 e. The normalized spacial score (nSPS) is 11.8. The molecule has 1 aromatic heterocycles. The van der Waals surface area contributed by atoms with Gasteiger partial charge in [0.15, 0.2) is 5.82 Å². The first-order valence-corrected chi connectivity index (χ1v) is 6.78. The van der Waals surface area contributed by atoms with Crippen LogP contribution in [0, 0.1) is 0 Å². The van der Waals surface area contributed by atoms with Gasteiger partial charge in [0.25, 0.3) is 0 Å². The van der Waals surface area contributed by atoms with Gasteiger partial charge in [0, 0.05) is 28.4 Å². The number of amides is 2. The van der Waals surface area contributed by atoms with E-state index in [4.69, 9.17) is 23.2 Å². The molecule has 1 heterocycles. The Bertz CT molecular complexity index is 605. The average Bonchev–Trinajstić information content (AvgIpc) is 2.46. The quantitative estimate of drug-likeness (QED) is 0.806. The standard InChI is InChI=1S/C13H12Cl2N4O2/c14-8-3-1-4-9(15)12(8)10(20)7-16-13(21)18-11-5-2-6-17-19-11/h1-6,10,20H,7H2,(H2,16,18,19,21). The van der Waals surface area contributed by atoms with Crippen LogP contribution in [0.1, 0.15) is 11.7 Å². The molecule has 8 heteroatoms. The number of hydrogen-bond acceptors (Lipinski definition) is 4. The predicted octanol–water partition coefficient (Wildman–Crippen LogP) is 2.64. The Hall–Kier alpha value is -1.89. The van der Waals surface area contributed by atoms with Gasteiger partial charge in [-0.3, -0.25) is 5.32 Å². The molecule has 0 fully saturated rings. The number of nitrogens with zero attached hydrogens (tertiary/aromatic N) is 2. The van der Waals surface area contributed by atoms with E-state index >= 15 is 0 Å². The fraction of sp³-hybridized carbons (Fsp3) is 0.154. The number of benzene rings is 1. The summed E-state index contributed by atoms with van der Waals surface area (Å²) in [6.07, 6.45) is 0.477. The molecule has 1 atom stereocenters. The number of carbonyl (C=O) groups is 1. The summed E-state index contributed by atoms with van der Waals surface area (Å²) in [6, 6.07) is 7.62. The van der Waals surface area contributed by atoms with Crippen LogP contribution in [0.3, 0.4) is 0 Å². The minimum absolute atomic E-state index is 0.0461. The van der Waals surface area contributed by atoms with Gasteiger partial charge in [0.2, 0.25) is 0 Å². The molecule has 6 nitrogen and oxygen atoms in total. The van der Waals surface area contributed by atoms with Crippen molar-refractivity contribution in [3.05, 3.63) is 52.1 Å². The summed E-state index contributed by atoms with van der Waals surface area (Å²) in [5, 5.41) is 23.0. The van der Waals surface area contributed by atoms with Crippen LogP contribution in [0.15, 0.2) is 36.5 Å². The van der Waals surface area contributed by atoms with E-state index in [-0.39, 0.29) is 6.54 Å². The molecule has 1 aromatic carbocycles. The Morgan fingerprint density at radius 1 is 1.24 bits per heavy atom. The minimum atomic E-state index is -1.01. The molecule has 2 rings (SSSR count). The molecule has 0 aliphatic heterocycles. The lowest BCUT2D eigenvalue weighted by atomic mass is 10.1. The molecule has 3 N–H and O–H groups in total. The van der Waals surface area contributed by atoms with Crippen LogP contribution in [-0.2, 0) is 0 Å². The first-order chi connectivity index (χ1) is 10.1. The summed E-state index contributed by atoms with van der Waals surface area (Å²) in [6.45, 7) is -0.0461. The van der Waals surface area contributed by atoms with Crippen LogP contribution in [0.5, 0.6) is 0 Å². The molecule has 0 spiro atoms. The molecule has 1 unspecified atom stereocenters. The molecule has 2 amide bonds. The summed E-state index contributed by atoms with van der Waals surface area (Å²) < 4.78 is 0. The van der Waals surface area contributed by atoms with E-state index in [9.17, 15) is 9.90 Å². The highest BCUT2D eigenvalue weighted by Gasteiger charge is 2.16. The molecule has 2 aromatic rings. The number of nitrogens with one attached hydrogen (secondary N) is 2. The van der Waals surface area contributed by atoms with Gasteiger partial charge >= 0.3 is 6.03 Å². The van der Waals surface area contributed by atoms with Crippen molar-refractivity contribution in [1.29, 1.82) is 0 Å². The molecule has 0 bridgehead atoms. The molecule has 0 saturated carbocycles. The van der Waals surface area contributed by atoms with Gasteiger partial charge in [-0.25, -0.2) is 4.79 Å². The maximum Gasteiger partial charge on any atom is 0.320 e. The number of urea groups is 1. The van der Waals surface area contributed by atoms with E-state index in [0.717, 1.165) is 0 Å². The van der Waals surface area contributed by atoms with Gasteiger partial charge in [-0.15, -0.1) is 5.10 Å². The Morgan fingerprint density at radius 2 is 1.95 bits per heavy atom. The number of halogens is 2. The second-order valence-corrected chi connectivity index (χ2v) is 4.91. The molecule has 0 radical (unpaired) electrons. The van der Waals surface area contributed by atoms with Crippen LogP contribution < -0.4 is 10.6 Å². The molecule has 21 heavy (non-hydrogen) atoms. The number of hydrogen-bond donors (Lipinski definition) is 3. The number of aliphatic hydroxyl groups excluding tert-OH is 1. The zero-order valence-electron chi connectivity index (χ0n) is 10.8. The predicted molar refractivity (Wildman–Crippen MR) is 80.5 cm³/mol. The Kier molecular flexibility index (Phi) is 5.32. The third kappa shape index (κ3) is 4.29. The Morgan fingerprint density at radius 3 is 2.57 bits per heavy atom. The Balaban J connectivity index is 1.92. The maximum absolute atomic E-state index is 11.7. The van der Waals surface area contributed by atoms with Crippen LogP contribution >= 0.6 is 23.2 Å². The number of carbonyl (C=O) groups excluding carboxylic acids is 1. The second-order valence-electron chi connectivity index (χ2n) is 4.10. The monoisotopic (exact) mass is 326 g/mol. The highest BCUT2D eigenvalue weighted by molar-refractivity contribution is 6.36. The van der Waals surface area contributed by atoms with Crippen LogP contribution in [0.2, 0.25) is 10.0 Å². The van der Waals surface area contributed by atoms with Crippen molar-refractivity contribution >= 4 is 35.1 Å². The van der Waals surface area contributed by atoms with Gasteiger partial charge in [-0.1, -0.05) is 29.3 Å². The number of aromatic nitrogens is 2. The Labute approximate surface area is 131 Å². The zero-order chi connectivity index (χ0) is 15.2. The van der Waals surface area contributed by atoms with E-state index in [1.165, 1.54) is 6.20 Å². The SMILES string of the molecule is O=C(NCC(O)c1c(Cl)cccc1Cl)Nc1cccnn1. The van der Waals surface area contributed by atoms with Crippen molar-refractivity contribution in [2.45, 2.75) is 6.10 Å². The lowest BCUT2D eigenvalue weighted by molar-refractivity contribution is 0.175. The number of anilines is 1. The van der Waals surface area contributed by atoms with Crippen molar-refractivity contribution in [3.63, 3.8) is 0 Å². The zero-order valence-corrected chi connectivity index (χ0v) is 12.3. The molecule has 0 aliphatic rings. The van der Waals surface area contributed by atoms with Gasteiger partial charge in [-0.2, -0.15) is 5.10 Å². The van der Waals surface area contributed by atoms with E-state index in [0.29, 0.717) is 21.4 Å². The van der Waals surface area contributed by atoms with Crippen LogP contribution in [0.25, 0.3) is 0 Å². The number of aliphatic hydroxyl groups is 1. The summed E-state index contributed by atoms with van der Waals surface area (Å²) >= 11 is 12.0. The molecular formula is C13H12Cl2N4O2. The molecule has 110 valence electrons. The van der Waals surface area contributed by atoms with Crippen molar-refractivity contribution in [2.24, 2.45) is 0 Å². The van der Waals surface area contributed by atoms with Gasteiger partial charge in [0.1, 0.15) is 0 Å². The first kappa shape index (κ1) is 15.5. The van der Waals surface area contributed by atoms with Crippen molar-refractivity contribution in [3.8, 4) is 0 Å². The summed E-state index contributed by atoms with van der Waals surface area (Å²) in [5.41, 5.74) is 0.376. The average molecular weight is 327 g/mol. The highest BCUT2D eigenvalue weighted by atomic mass is 35.5. The third-order valence-corrected chi connectivity index (χ3v) is 3.26. The molecule has 0 saturated heterocycles. The smallest absolute Gasteiger partial charge is 0.320 e. The molecule has 0 aliphatic carbocycles. The van der Waals surface area contributed by atoms with Crippen molar-refractivity contribution in [1.82, 2.24) is 15.5 Å². The first-order valence-electron chi connectivity index (χ1n) is 6.02. The fourth-order valence-electron chi connectivity index (χ4n) is 1.65.